The molecule has 7 heteroatoms. The molecule has 0 amide bonds. The highest BCUT2D eigenvalue weighted by molar-refractivity contribution is 6.29. The molecule has 0 saturated heterocycles. The molecule has 0 atom stereocenters. The number of aromatic nitrogens is 1. The average Bonchev–Trinajstić information content (AvgIpc) is 2.24. The standard InChI is InChI=1S/C9H11ClN2O4/c1-2-15-5-6-16-9-7(12(13)14)3-4-8(10)11-9/h3-4H,2,5-6H2,1H3. The molecule has 0 radical (unpaired) electrons. The summed E-state index contributed by atoms with van der Waals surface area (Å²) in [7, 11) is 0. The average molecular weight is 247 g/mol. The minimum absolute atomic E-state index is 0.0859. The molecule has 0 spiro atoms. The van der Waals surface area contributed by atoms with Crippen molar-refractivity contribution < 1.29 is 14.4 Å². The molecule has 0 unspecified atom stereocenters. The number of nitrogens with zero attached hydrogens (tertiary/aromatic N) is 2. The largest absolute Gasteiger partial charge is 0.470 e. The van der Waals surface area contributed by atoms with Crippen LogP contribution in [0.5, 0.6) is 5.88 Å². The van der Waals surface area contributed by atoms with Gasteiger partial charge < -0.3 is 9.47 Å². The fraction of sp³-hybridized carbons (Fsp3) is 0.444. The first kappa shape index (κ1) is 12.7. The second-order valence-corrected chi connectivity index (χ2v) is 3.15. The van der Waals surface area contributed by atoms with Crippen molar-refractivity contribution in [2.24, 2.45) is 0 Å². The fourth-order valence-electron chi connectivity index (χ4n) is 0.997. The minimum Gasteiger partial charge on any atom is -0.470 e. The zero-order valence-electron chi connectivity index (χ0n) is 8.68. The normalized spacial score (nSPS) is 10.1. The van der Waals surface area contributed by atoms with Gasteiger partial charge in [0.05, 0.1) is 11.5 Å². The first-order valence-corrected chi connectivity index (χ1v) is 5.04. The van der Waals surface area contributed by atoms with Crippen molar-refractivity contribution in [2.75, 3.05) is 19.8 Å². The molecule has 1 aromatic rings. The van der Waals surface area contributed by atoms with Crippen LogP contribution in [0.25, 0.3) is 0 Å². The summed E-state index contributed by atoms with van der Waals surface area (Å²) in [4.78, 5) is 13.8. The Morgan fingerprint density at radius 3 is 2.88 bits per heavy atom. The van der Waals surface area contributed by atoms with Crippen molar-refractivity contribution in [3.63, 3.8) is 0 Å². The predicted octanol–water partition coefficient (Wildman–Crippen LogP) is 2.06. The molecule has 0 N–H and O–H groups in total. The Balaban J connectivity index is 2.68. The van der Waals surface area contributed by atoms with Gasteiger partial charge in [0.2, 0.25) is 0 Å². The Morgan fingerprint density at radius 1 is 1.50 bits per heavy atom. The van der Waals surface area contributed by atoms with Crippen LogP contribution in [0.3, 0.4) is 0 Å². The van der Waals surface area contributed by atoms with Gasteiger partial charge in [0.25, 0.3) is 5.88 Å². The highest BCUT2D eigenvalue weighted by Gasteiger charge is 2.16. The van der Waals surface area contributed by atoms with Crippen molar-refractivity contribution in [1.29, 1.82) is 0 Å². The van der Waals surface area contributed by atoms with Gasteiger partial charge in [-0.25, -0.2) is 0 Å². The van der Waals surface area contributed by atoms with Crippen molar-refractivity contribution in [1.82, 2.24) is 4.98 Å². The lowest BCUT2D eigenvalue weighted by Gasteiger charge is -2.05. The number of hydrogen-bond donors (Lipinski definition) is 0. The van der Waals surface area contributed by atoms with Gasteiger partial charge >= 0.3 is 5.69 Å². The van der Waals surface area contributed by atoms with Gasteiger partial charge in [-0.2, -0.15) is 4.98 Å². The van der Waals surface area contributed by atoms with Crippen LogP contribution in [0.2, 0.25) is 5.15 Å². The summed E-state index contributed by atoms with van der Waals surface area (Å²) in [5.41, 5.74) is -0.208. The summed E-state index contributed by atoms with van der Waals surface area (Å²) in [6.07, 6.45) is 0. The van der Waals surface area contributed by atoms with Crippen LogP contribution in [-0.2, 0) is 4.74 Å². The van der Waals surface area contributed by atoms with Gasteiger partial charge in [-0.15, -0.1) is 0 Å². The first-order valence-electron chi connectivity index (χ1n) is 4.66. The van der Waals surface area contributed by atoms with E-state index >= 15 is 0 Å². The monoisotopic (exact) mass is 246 g/mol. The van der Waals surface area contributed by atoms with E-state index in [2.05, 4.69) is 4.98 Å². The number of nitro groups is 1. The SMILES string of the molecule is CCOCCOc1nc(Cl)ccc1[N+](=O)[O-]. The summed E-state index contributed by atoms with van der Waals surface area (Å²) >= 11 is 5.62. The lowest BCUT2D eigenvalue weighted by Crippen LogP contribution is -2.08. The van der Waals surface area contributed by atoms with Gasteiger partial charge in [0, 0.05) is 12.7 Å². The molecule has 6 nitrogen and oxygen atoms in total. The smallest absolute Gasteiger partial charge is 0.331 e. The molecular weight excluding hydrogens is 236 g/mol. The maximum Gasteiger partial charge on any atom is 0.331 e. The van der Waals surface area contributed by atoms with E-state index in [1.54, 1.807) is 0 Å². The van der Waals surface area contributed by atoms with E-state index in [9.17, 15) is 10.1 Å². The first-order chi connectivity index (χ1) is 7.65. The number of ether oxygens (including phenoxy) is 2. The maximum absolute atomic E-state index is 10.6. The zero-order chi connectivity index (χ0) is 12.0. The van der Waals surface area contributed by atoms with E-state index in [1.165, 1.54) is 12.1 Å². The molecule has 1 heterocycles. The molecule has 0 aliphatic heterocycles. The van der Waals surface area contributed by atoms with Crippen LogP contribution in [0.1, 0.15) is 6.92 Å². The van der Waals surface area contributed by atoms with E-state index in [1.807, 2.05) is 6.92 Å². The van der Waals surface area contributed by atoms with Crippen molar-refractivity contribution in [2.45, 2.75) is 6.92 Å². The second-order valence-electron chi connectivity index (χ2n) is 2.76. The number of rotatable bonds is 6. The van der Waals surface area contributed by atoms with Crippen LogP contribution < -0.4 is 4.74 Å². The Kier molecular flexibility index (Phi) is 4.94. The van der Waals surface area contributed by atoms with Crippen LogP contribution in [-0.4, -0.2) is 29.7 Å². The molecule has 0 aliphatic rings. The lowest BCUT2D eigenvalue weighted by molar-refractivity contribution is -0.386. The highest BCUT2D eigenvalue weighted by atomic mass is 35.5. The van der Waals surface area contributed by atoms with Gasteiger partial charge in [-0.3, -0.25) is 10.1 Å². The van der Waals surface area contributed by atoms with Gasteiger partial charge in [-0.1, -0.05) is 11.6 Å². The van der Waals surface area contributed by atoms with E-state index in [4.69, 9.17) is 21.1 Å². The van der Waals surface area contributed by atoms with Gasteiger partial charge in [0.15, 0.2) is 0 Å². The minimum atomic E-state index is -0.570. The van der Waals surface area contributed by atoms with Crippen LogP contribution in [0.4, 0.5) is 5.69 Å². The summed E-state index contributed by atoms with van der Waals surface area (Å²) in [6, 6.07) is 2.60. The van der Waals surface area contributed by atoms with E-state index in [0.29, 0.717) is 13.2 Å². The van der Waals surface area contributed by atoms with Gasteiger partial charge in [0.1, 0.15) is 11.8 Å². The van der Waals surface area contributed by atoms with Crippen molar-refractivity contribution in [3.05, 3.63) is 27.4 Å². The predicted molar refractivity (Wildman–Crippen MR) is 57.9 cm³/mol. The second kappa shape index (κ2) is 6.24. The molecule has 1 aromatic heterocycles. The summed E-state index contributed by atoms with van der Waals surface area (Å²) in [5.74, 6) is -0.0859. The van der Waals surface area contributed by atoms with Gasteiger partial charge in [-0.05, 0) is 13.0 Å². The Labute approximate surface area is 97.3 Å². The van der Waals surface area contributed by atoms with E-state index < -0.39 is 4.92 Å². The van der Waals surface area contributed by atoms with Crippen molar-refractivity contribution in [3.8, 4) is 5.88 Å². The third-order valence-electron chi connectivity index (χ3n) is 1.67. The molecule has 1 rings (SSSR count). The number of halogens is 1. The van der Waals surface area contributed by atoms with Crippen LogP contribution >= 0.6 is 11.6 Å². The van der Waals surface area contributed by atoms with Crippen molar-refractivity contribution >= 4 is 17.3 Å². The highest BCUT2D eigenvalue weighted by Crippen LogP contribution is 2.25. The molecular formula is C9H11ClN2O4. The van der Waals surface area contributed by atoms with E-state index in [0.717, 1.165) is 0 Å². The quantitative estimate of drug-likeness (QED) is 0.332. The van der Waals surface area contributed by atoms with Crippen LogP contribution in [0, 0.1) is 10.1 Å². The molecule has 0 bridgehead atoms. The van der Waals surface area contributed by atoms with Crippen LogP contribution in [0.15, 0.2) is 12.1 Å². The summed E-state index contributed by atoms with van der Waals surface area (Å²) < 4.78 is 10.1. The summed E-state index contributed by atoms with van der Waals surface area (Å²) in [5, 5.41) is 10.8. The Morgan fingerprint density at radius 2 is 2.25 bits per heavy atom. The maximum atomic E-state index is 10.6. The Bertz CT molecular complexity index is 373. The topological polar surface area (TPSA) is 74.5 Å². The van der Waals surface area contributed by atoms with E-state index in [-0.39, 0.29) is 23.3 Å². The third-order valence-corrected chi connectivity index (χ3v) is 1.88. The zero-order valence-corrected chi connectivity index (χ0v) is 9.44. The molecule has 0 aromatic carbocycles. The molecule has 16 heavy (non-hydrogen) atoms. The third kappa shape index (κ3) is 3.63. The molecule has 0 fully saturated rings. The summed E-state index contributed by atoms with van der Waals surface area (Å²) in [6.45, 7) is 2.96. The molecule has 88 valence electrons. The Hall–Kier alpha value is -1.40. The molecule has 0 aliphatic carbocycles. The lowest BCUT2D eigenvalue weighted by atomic mass is 10.4. The fourth-order valence-corrected chi connectivity index (χ4v) is 1.14. The number of hydrogen-bond acceptors (Lipinski definition) is 5. The molecule has 0 saturated carbocycles. The number of pyridine rings is 1.